The molecule has 5 rings (SSSR count). The van der Waals surface area contributed by atoms with Gasteiger partial charge in [0, 0.05) is 6.54 Å². The highest BCUT2D eigenvalue weighted by atomic mass is 16.5. The van der Waals surface area contributed by atoms with E-state index >= 15 is 0 Å². The number of hydrogen-bond acceptors (Lipinski definition) is 4. The first-order valence-corrected chi connectivity index (χ1v) is 11.5. The van der Waals surface area contributed by atoms with Gasteiger partial charge in [-0.1, -0.05) is 66.7 Å². The second-order valence-corrected chi connectivity index (χ2v) is 8.62. The molecule has 1 aliphatic rings. The van der Waals surface area contributed by atoms with E-state index in [2.05, 4.69) is 87.7 Å². The number of ether oxygens (including phenoxy) is 1. The van der Waals surface area contributed by atoms with E-state index in [1.165, 1.54) is 24.0 Å². The van der Waals surface area contributed by atoms with Crippen molar-refractivity contribution in [1.29, 1.82) is 0 Å². The van der Waals surface area contributed by atoms with Crippen LogP contribution in [0.4, 0.5) is 0 Å². The number of fused-ring (bicyclic) bond motifs is 1. The Labute approximate surface area is 189 Å². The Balaban J connectivity index is 1.17. The molecular formula is C28H29N3O. The molecule has 3 aromatic carbocycles. The molecule has 1 saturated heterocycles. The fourth-order valence-electron chi connectivity index (χ4n) is 4.56. The summed E-state index contributed by atoms with van der Waals surface area (Å²) in [5, 5.41) is 0.978. The van der Waals surface area contributed by atoms with E-state index in [-0.39, 0.29) is 0 Å². The molecule has 32 heavy (non-hydrogen) atoms. The number of hydrogen-bond donors (Lipinski definition) is 0. The Kier molecular flexibility index (Phi) is 6.40. The maximum absolute atomic E-state index is 6.17. The average Bonchev–Trinajstić information content (AvgIpc) is 2.86. The highest BCUT2D eigenvalue weighted by Crippen LogP contribution is 2.29. The maximum Gasteiger partial charge on any atom is 0.224 e. The molecule has 0 N–H and O–H groups in total. The highest BCUT2D eigenvalue weighted by Gasteiger charge is 2.19. The van der Waals surface area contributed by atoms with Gasteiger partial charge in [0.15, 0.2) is 0 Å². The Morgan fingerprint density at radius 1 is 0.812 bits per heavy atom. The van der Waals surface area contributed by atoms with Gasteiger partial charge in [-0.3, -0.25) is 4.90 Å². The van der Waals surface area contributed by atoms with Crippen molar-refractivity contribution in [1.82, 2.24) is 14.9 Å². The molecule has 0 aliphatic carbocycles. The third-order valence-corrected chi connectivity index (χ3v) is 6.43. The average molecular weight is 424 g/mol. The van der Waals surface area contributed by atoms with Crippen LogP contribution in [0.15, 0.2) is 85.2 Å². The lowest BCUT2D eigenvalue weighted by atomic mass is 9.93. The summed E-state index contributed by atoms with van der Waals surface area (Å²) in [5.74, 6) is 1.41. The SMILES string of the molecule is c1ccc(CN2CCC(CCOc3ncnc4ccc(-c5ccccc5)cc34)CC2)cc1. The zero-order valence-electron chi connectivity index (χ0n) is 18.4. The van der Waals surface area contributed by atoms with Crippen LogP contribution in [0.2, 0.25) is 0 Å². The lowest BCUT2D eigenvalue weighted by Gasteiger charge is -2.32. The first-order valence-electron chi connectivity index (χ1n) is 11.5. The van der Waals surface area contributed by atoms with Crippen molar-refractivity contribution in [3.8, 4) is 17.0 Å². The number of rotatable bonds is 7. The van der Waals surface area contributed by atoms with E-state index in [0.717, 1.165) is 48.4 Å². The molecule has 162 valence electrons. The summed E-state index contributed by atoms with van der Waals surface area (Å²) in [6, 6.07) is 27.5. The van der Waals surface area contributed by atoms with Crippen LogP contribution >= 0.6 is 0 Å². The van der Waals surface area contributed by atoms with Crippen LogP contribution in [-0.4, -0.2) is 34.6 Å². The van der Waals surface area contributed by atoms with Crippen LogP contribution in [0.1, 0.15) is 24.8 Å². The number of piperidine rings is 1. The summed E-state index contributed by atoms with van der Waals surface area (Å²) in [4.78, 5) is 11.4. The lowest BCUT2D eigenvalue weighted by Crippen LogP contribution is -2.33. The monoisotopic (exact) mass is 423 g/mol. The number of aromatic nitrogens is 2. The van der Waals surface area contributed by atoms with Gasteiger partial charge >= 0.3 is 0 Å². The zero-order chi connectivity index (χ0) is 21.6. The van der Waals surface area contributed by atoms with Crippen molar-refractivity contribution >= 4 is 10.9 Å². The first-order chi connectivity index (χ1) is 15.8. The number of nitrogens with zero attached hydrogens (tertiary/aromatic N) is 3. The summed E-state index contributed by atoms with van der Waals surface area (Å²) in [6.45, 7) is 4.08. The third kappa shape index (κ3) is 4.97. The molecule has 0 bridgehead atoms. The minimum Gasteiger partial charge on any atom is -0.477 e. The fourth-order valence-corrected chi connectivity index (χ4v) is 4.56. The Morgan fingerprint density at radius 2 is 1.56 bits per heavy atom. The molecule has 0 spiro atoms. The summed E-state index contributed by atoms with van der Waals surface area (Å²) < 4.78 is 6.17. The molecule has 0 unspecified atom stereocenters. The normalized spacial score (nSPS) is 15.1. The van der Waals surface area contributed by atoms with E-state index < -0.39 is 0 Å². The summed E-state index contributed by atoms with van der Waals surface area (Å²) in [7, 11) is 0. The molecule has 0 amide bonds. The van der Waals surface area contributed by atoms with Crippen molar-refractivity contribution in [2.45, 2.75) is 25.8 Å². The van der Waals surface area contributed by atoms with Crippen LogP contribution in [0.3, 0.4) is 0 Å². The van der Waals surface area contributed by atoms with E-state index in [4.69, 9.17) is 4.74 Å². The maximum atomic E-state index is 6.17. The summed E-state index contributed by atoms with van der Waals surface area (Å²) >= 11 is 0. The smallest absolute Gasteiger partial charge is 0.224 e. The predicted octanol–water partition coefficient (Wildman–Crippen LogP) is 5.98. The number of likely N-dealkylation sites (tertiary alicyclic amines) is 1. The molecule has 1 aliphatic heterocycles. The molecule has 0 atom stereocenters. The van der Waals surface area contributed by atoms with Gasteiger partial charge in [0.2, 0.25) is 5.88 Å². The lowest BCUT2D eigenvalue weighted by molar-refractivity contribution is 0.157. The molecule has 4 heteroatoms. The summed E-state index contributed by atoms with van der Waals surface area (Å²) in [6.07, 6.45) is 5.14. The first kappa shape index (κ1) is 20.7. The van der Waals surface area contributed by atoms with E-state index in [1.54, 1.807) is 6.33 Å². The van der Waals surface area contributed by atoms with Gasteiger partial charge in [0.25, 0.3) is 0 Å². The quantitative estimate of drug-likeness (QED) is 0.367. The van der Waals surface area contributed by atoms with E-state index in [9.17, 15) is 0 Å². The molecule has 2 heterocycles. The highest BCUT2D eigenvalue weighted by molar-refractivity contribution is 5.88. The Hall–Kier alpha value is -3.24. The van der Waals surface area contributed by atoms with Crippen LogP contribution in [0.5, 0.6) is 5.88 Å². The minimum atomic E-state index is 0.689. The van der Waals surface area contributed by atoms with Crippen LogP contribution in [0.25, 0.3) is 22.0 Å². The van der Waals surface area contributed by atoms with Crippen molar-refractivity contribution < 1.29 is 4.74 Å². The standard InChI is InChI=1S/C28H29N3O/c1-3-7-23(8-4-1)20-31-16-13-22(14-17-31)15-18-32-28-26-19-25(24-9-5-2-6-10-24)11-12-27(26)29-21-30-28/h1-12,19,21-22H,13-18,20H2. The molecule has 0 saturated carbocycles. The second-order valence-electron chi connectivity index (χ2n) is 8.62. The fraction of sp³-hybridized carbons (Fsp3) is 0.286. The summed E-state index contributed by atoms with van der Waals surface area (Å²) in [5.41, 5.74) is 4.67. The van der Waals surface area contributed by atoms with Crippen LogP contribution < -0.4 is 4.74 Å². The van der Waals surface area contributed by atoms with Gasteiger partial charge in [-0.05, 0) is 67.1 Å². The van der Waals surface area contributed by atoms with Gasteiger partial charge in [-0.25, -0.2) is 9.97 Å². The molecule has 0 radical (unpaired) electrons. The van der Waals surface area contributed by atoms with E-state index in [1.807, 2.05) is 6.07 Å². The van der Waals surface area contributed by atoms with Gasteiger partial charge in [-0.2, -0.15) is 0 Å². The van der Waals surface area contributed by atoms with Crippen molar-refractivity contribution in [2.75, 3.05) is 19.7 Å². The Morgan fingerprint density at radius 3 is 2.34 bits per heavy atom. The topological polar surface area (TPSA) is 38.2 Å². The second kappa shape index (κ2) is 9.92. The van der Waals surface area contributed by atoms with Gasteiger partial charge in [-0.15, -0.1) is 0 Å². The third-order valence-electron chi connectivity index (χ3n) is 6.43. The molecule has 1 fully saturated rings. The van der Waals surface area contributed by atoms with Gasteiger partial charge in [0.1, 0.15) is 6.33 Å². The van der Waals surface area contributed by atoms with Crippen molar-refractivity contribution in [2.24, 2.45) is 5.92 Å². The molecular weight excluding hydrogens is 394 g/mol. The number of benzene rings is 3. The predicted molar refractivity (Wildman–Crippen MR) is 130 cm³/mol. The largest absolute Gasteiger partial charge is 0.477 e. The zero-order valence-corrected chi connectivity index (χ0v) is 18.4. The Bertz CT molecular complexity index is 1140. The van der Waals surface area contributed by atoms with E-state index in [0.29, 0.717) is 12.5 Å². The molecule has 4 aromatic rings. The molecule has 1 aromatic heterocycles. The van der Waals surface area contributed by atoms with Gasteiger partial charge in [0.05, 0.1) is 17.5 Å². The minimum absolute atomic E-state index is 0.689. The van der Waals surface area contributed by atoms with Crippen LogP contribution in [-0.2, 0) is 6.54 Å². The van der Waals surface area contributed by atoms with Crippen molar-refractivity contribution in [3.05, 3.63) is 90.8 Å². The van der Waals surface area contributed by atoms with Crippen LogP contribution in [0, 0.1) is 5.92 Å². The molecule has 4 nitrogen and oxygen atoms in total. The van der Waals surface area contributed by atoms with Crippen molar-refractivity contribution in [3.63, 3.8) is 0 Å². The van der Waals surface area contributed by atoms with Gasteiger partial charge < -0.3 is 4.74 Å².